The van der Waals surface area contributed by atoms with Crippen LogP contribution in [0.1, 0.15) is 54.1 Å². The van der Waals surface area contributed by atoms with Crippen molar-refractivity contribution in [1.29, 1.82) is 0 Å². The van der Waals surface area contributed by atoms with Gasteiger partial charge < -0.3 is 5.73 Å². The van der Waals surface area contributed by atoms with Crippen LogP contribution < -0.4 is 5.73 Å². The van der Waals surface area contributed by atoms with Gasteiger partial charge in [-0.05, 0) is 32.1 Å². The molecule has 0 bridgehead atoms. The predicted molar refractivity (Wildman–Crippen MR) is 63.1 cm³/mol. The SMILES string of the molecule is NC1(c2nc3c(s2)CCC3)CCCCC1. The lowest BCUT2D eigenvalue weighted by atomic mass is 9.83. The van der Waals surface area contributed by atoms with Crippen LogP contribution in [0, 0.1) is 0 Å². The first-order chi connectivity index (χ1) is 7.28. The number of aryl methyl sites for hydroxylation is 2. The van der Waals surface area contributed by atoms with E-state index in [9.17, 15) is 0 Å². The Hall–Kier alpha value is -0.410. The summed E-state index contributed by atoms with van der Waals surface area (Å²) in [7, 11) is 0. The van der Waals surface area contributed by atoms with E-state index in [1.54, 1.807) is 0 Å². The Bertz CT molecular complexity index is 342. The van der Waals surface area contributed by atoms with Crippen LogP contribution in [0.2, 0.25) is 0 Å². The van der Waals surface area contributed by atoms with Crippen molar-refractivity contribution in [3.8, 4) is 0 Å². The van der Waals surface area contributed by atoms with Gasteiger partial charge in [-0.25, -0.2) is 4.98 Å². The van der Waals surface area contributed by atoms with Gasteiger partial charge in [-0.2, -0.15) is 0 Å². The minimum Gasteiger partial charge on any atom is -0.319 e. The fraction of sp³-hybridized carbons (Fsp3) is 0.750. The standard InChI is InChI=1S/C12H18N2S/c13-12(7-2-1-3-8-12)11-14-9-5-4-6-10(9)15-11/h1-8,13H2. The number of rotatable bonds is 1. The third kappa shape index (κ3) is 1.62. The second-order valence-electron chi connectivity index (χ2n) is 4.96. The van der Waals surface area contributed by atoms with E-state index in [-0.39, 0.29) is 5.54 Å². The van der Waals surface area contributed by atoms with E-state index < -0.39 is 0 Å². The van der Waals surface area contributed by atoms with Crippen molar-refractivity contribution in [2.75, 3.05) is 0 Å². The molecule has 0 unspecified atom stereocenters. The topological polar surface area (TPSA) is 38.9 Å². The first-order valence-electron chi connectivity index (χ1n) is 6.06. The summed E-state index contributed by atoms with van der Waals surface area (Å²) in [4.78, 5) is 6.29. The van der Waals surface area contributed by atoms with E-state index in [4.69, 9.17) is 10.7 Å². The van der Waals surface area contributed by atoms with E-state index >= 15 is 0 Å². The van der Waals surface area contributed by atoms with Gasteiger partial charge in [0.15, 0.2) is 0 Å². The molecule has 0 saturated heterocycles. The molecular formula is C12H18N2S. The zero-order valence-corrected chi connectivity index (χ0v) is 9.91. The fourth-order valence-corrected chi connectivity index (χ4v) is 4.11. The molecule has 3 heteroatoms. The van der Waals surface area contributed by atoms with E-state index in [2.05, 4.69) is 0 Å². The highest BCUT2D eigenvalue weighted by atomic mass is 32.1. The van der Waals surface area contributed by atoms with Gasteiger partial charge in [-0.15, -0.1) is 11.3 Å². The molecule has 0 atom stereocenters. The molecule has 1 fully saturated rings. The minimum absolute atomic E-state index is 0.0761. The number of hydrogen-bond acceptors (Lipinski definition) is 3. The van der Waals surface area contributed by atoms with Gasteiger partial charge >= 0.3 is 0 Å². The molecule has 2 aliphatic carbocycles. The molecule has 3 rings (SSSR count). The van der Waals surface area contributed by atoms with E-state index in [0.717, 1.165) is 12.8 Å². The number of fused-ring (bicyclic) bond motifs is 1. The fourth-order valence-electron chi connectivity index (χ4n) is 2.80. The molecule has 1 aromatic heterocycles. The first kappa shape index (κ1) is 9.79. The predicted octanol–water partition coefficient (Wildman–Crippen LogP) is 2.75. The second kappa shape index (κ2) is 3.56. The largest absolute Gasteiger partial charge is 0.319 e. The van der Waals surface area contributed by atoms with Crippen molar-refractivity contribution in [2.45, 2.75) is 56.9 Å². The van der Waals surface area contributed by atoms with Crippen LogP contribution in [0.15, 0.2) is 0 Å². The van der Waals surface area contributed by atoms with Gasteiger partial charge in [0, 0.05) is 4.88 Å². The molecule has 1 aromatic rings. The molecule has 15 heavy (non-hydrogen) atoms. The lowest BCUT2D eigenvalue weighted by Gasteiger charge is -2.31. The highest BCUT2D eigenvalue weighted by Crippen LogP contribution is 2.39. The van der Waals surface area contributed by atoms with Crippen LogP contribution >= 0.6 is 11.3 Å². The number of thiazole rings is 1. The molecule has 0 radical (unpaired) electrons. The van der Waals surface area contributed by atoms with Crippen molar-refractivity contribution in [3.63, 3.8) is 0 Å². The molecular weight excluding hydrogens is 204 g/mol. The summed E-state index contributed by atoms with van der Waals surface area (Å²) in [6.07, 6.45) is 9.90. The maximum Gasteiger partial charge on any atom is 0.113 e. The summed E-state index contributed by atoms with van der Waals surface area (Å²) in [5.74, 6) is 0. The van der Waals surface area contributed by atoms with Crippen molar-refractivity contribution in [2.24, 2.45) is 5.73 Å². The van der Waals surface area contributed by atoms with Crippen molar-refractivity contribution in [3.05, 3.63) is 15.6 Å². The lowest BCUT2D eigenvalue weighted by Crippen LogP contribution is -2.38. The van der Waals surface area contributed by atoms with Gasteiger partial charge in [-0.3, -0.25) is 0 Å². The average molecular weight is 222 g/mol. The third-order valence-electron chi connectivity index (χ3n) is 3.77. The summed E-state index contributed by atoms with van der Waals surface area (Å²) in [5, 5.41) is 1.23. The molecule has 0 amide bonds. The number of nitrogens with two attached hydrogens (primary N) is 1. The van der Waals surface area contributed by atoms with Gasteiger partial charge in [0.25, 0.3) is 0 Å². The number of aromatic nitrogens is 1. The average Bonchev–Trinajstić information content (AvgIpc) is 2.77. The van der Waals surface area contributed by atoms with Crippen LogP contribution in [0.3, 0.4) is 0 Å². The van der Waals surface area contributed by atoms with E-state index in [1.165, 1.54) is 54.1 Å². The molecule has 1 saturated carbocycles. The highest BCUT2D eigenvalue weighted by Gasteiger charge is 2.33. The number of hydrogen-bond donors (Lipinski definition) is 1. The molecule has 0 spiro atoms. The summed E-state index contributed by atoms with van der Waals surface area (Å²) in [6, 6.07) is 0. The lowest BCUT2D eigenvalue weighted by molar-refractivity contribution is 0.301. The van der Waals surface area contributed by atoms with Crippen LogP contribution in [0.4, 0.5) is 0 Å². The quantitative estimate of drug-likeness (QED) is 0.793. The molecule has 0 aromatic carbocycles. The summed E-state index contributed by atoms with van der Waals surface area (Å²) >= 11 is 1.89. The molecule has 0 aliphatic heterocycles. The summed E-state index contributed by atoms with van der Waals surface area (Å²) < 4.78 is 0. The molecule has 2 aliphatic rings. The normalized spacial score (nSPS) is 24.1. The van der Waals surface area contributed by atoms with E-state index in [0.29, 0.717) is 0 Å². The van der Waals surface area contributed by atoms with Gasteiger partial charge in [-0.1, -0.05) is 19.3 Å². The van der Waals surface area contributed by atoms with Gasteiger partial charge in [0.1, 0.15) is 5.01 Å². The molecule has 82 valence electrons. The Labute approximate surface area is 94.9 Å². The van der Waals surface area contributed by atoms with Crippen molar-refractivity contribution in [1.82, 2.24) is 4.98 Å². The van der Waals surface area contributed by atoms with Crippen LogP contribution in [-0.2, 0) is 18.4 Å². The maximum atomic E-state index is 6.49. The molecule has 2 nitrogen and oxygen atoms in total. The molecule has 1 heterocycles. The second-order valence-corrected chi connectivity index (χ2v) is 6.04. The summed E-state index contributed by atoms with van der Waals surface area (Å²) in [5.41, 5.74) is 7.77. The molecule has 2 N–H and O–H groups in total. The maximum absolute atomic E-state index is 6.49. The monoisotopic (exact) mass is 222 g/mol. The Kier molecular flexibility index (Phi) is 2.33. The zero-order valence-electron chi connectivity index (χ0n) is 9.09. The summed E-state index contributed by atoms with van der Waals surface area (Å²) in [6.45, 7) is 0. The van der Waals surface area contributed by atoms with E-state index in [1.807, 2.05) is 11.3 Å². The highest BCUT2D eigenvalue weighted by molar-refractivity contribution is 7.12. The minimum atomic E-state index is -0.0761. The zero-order chi connectivity index (χ0) is 10.3. The van der Waals surface area contributed by atoms with Crippen LogP contribution in [0.25, 0.3) is 0 Å². The van der Waals surface area contributed by atoms with Crippen LogP contribution in [0.5, 0.6) is 0 Å². The third-order valence-corrected chi connectivity index (χ3v) is 5.14. The van der Waals surface area contributed by atoms with Crippen molar-refractivity contribution < 1.29 is 0 Å². The van der Waals surface area contributed by atoms with Crippen molar-refractivity contribution >= 4 is 11.3 Å². The van der Waals surface area contributed by atoms with Gasteiger partial charge in [0.2, 0.25) is 0 Å². The Morgan fingerprint density at radius 1 is 1.07 bits per heavy atom. The number of nitrogens with zero attached hydrogens (tertiary/aromatic N) is 1. The Morgan fingerprint density at radius 2 is 1.87 bits per heavy atom. The Balaban J connectivity index is 1.91. The van der Waals surface area contributed by atoms with Gasteiger partial charge in [0.05, 0.1) is 11.2 Å². The smallest absolute Gasteiger partial charge is 0.113 e. The van der Waals surface area contributed by atoms with Crippen LogP contribution in [-0.4, -0.2) is 4.98 Å². The Morgan fingerprint density at radius 3 is 2.60 bits per heavy atom. The first-order valence-corrected chi connectivity index (χ1v) is 6.87.